The van der Waals surface area contributed by atoms with Crippen LogP contribution in [0.4, 0.5) is 26.3 Å². The molecular weight excluding hydrogens is 302 g/mol. The van der Waals surface area contributed by atoms with Gasteiger partial charge in [0.2, 0.25) is 0 Å². The highest BCUT2D eigenvalue weighted by molar-refractivity contribution is 5.79. The first-order valence-corrected chi connectivity index (χ1v) is 5.98. The number of benzene rings is 1. The third-order valence-electron chi connectivity index (χ3n) is 2.49. The summed E-state index contributed by atoms with van der Waals surface area (Å²) in [6.07, 6.45) is -9.22. The number of Topliss-reactive ketones (excluding diaryl/α,β-unsaturated/α-hetero) is 1. The van der Waals surface area contributed by atoms with Crippen LogP contribution in [0.3, 0.4) is 0 Å². The molecule has 0 saturated heterocycles. The first-order chi connectivity index (χ1) is 9.54. The number of alkyl halides is 6. The Morgan fingerprint density at radius 3 is 1.86 bits per heavy atom. The van der Waals surface area contributed by atoms with Gasteiger partial charge in [0.05, 0.1) is 11.1 Å². The predicted molar refractivity (Wildman–Crippen MR) is 61.9 cm³/mol. The van der Waals surface area contributed by atoms with Crippen LogP contribution in [0.25, 0.3) is 0 Å². The van der Waals surface area contributed by atoms with E-state index in [4.69, 9.17) is 4.74 Å². The summed E-state index contributed by atoms with van der Waals surface area (Å²) in [6.45, 7) is 1.15. The number of carbonyl (C=O) groups is 1. The Morgan fingerprint density at radius 2 is 1.48 bits per heavy atom. The Labute approximate surface area is 116 Å². The number of hydrogen-bond donors (Lipinski definition) is 0. The lowest BCUT2D eigenvalue weighted by Crippen LogP contribution is -2.14. The summed E-state index contributed by atoms with van der Waals surface area (Å²) in [5.41, 5.74) is -2.95. The van der Waals surface area contributed by atoms with Gasteiger partial charge in [-0.25, -0.2) is 0 Å². The molecule has 1 aromatic carbocycles. The van der Waals surface area contributed by atoms with Crippen molar-refractivity contribution in [1.82, 2.24) is 0 Å². The van der Waals surface area contributed by atoms with Gasteiger partial charge >= 0.3 is 12.4 Å². The molecule has 21 heavy (non-hydrogen) atoms. The Bertz CT molecular complexity index is 472. The first-order valence-electron chi connectivity index (χ1n) is 5.98. The summed E-state index contributed by atoms with van der Waals surface area (Å²) >= 11 is 0. The molecule has 8 heteroatoms. The van der Waals surface area contributed by atoms with Gasteiger partial charge in [-0.1, -0.05) is 6.92 Å². The van der Waals surface area contributed by atoms with Gasteiger partial charge < -0.3 is 4.74 Å². The van der Waals surface area contributed by atoms with E-state index in [1.807, 2.05) is 0 Å². The van der Waals surface area contributed by atoms with Crippen molar-refractivity contribution in [2.45, 2.75) is 32.1 Å². The van der Waals surface area contributed by atoms with Crippen LogP contribution in [0, 0.1) is 0 Å². The maximum atomic E-state index is 12.6. The Morgan fingerprint density at radius 1 is 1.00 bits per heavy atom. The monoisotopic (exact) mass is 314 g/mol. The van der Waals surface area contributed by atoms with Gasteiger partial charge in [-0.3, -0.25) is 4.79 Å². The molecule has 0 aromatic heterocycles. The van der Waals surface area contributed by atoms with Gasteiger partial charge in [0, 0.05) is 6.42 Å². The molecule has 0 unspecified atom stereocenters. The minimum atomic E-state index is -4.94. The normalized spacial score (nSPS) is 12.3. The number of ketones is 1. The van der Waals surface area contributed by atoms with Gasteiger partial charge in [0.25, 0.3) is 0 Å². The molecule has 0 aliphatic heterocycles. The van der Waals surface area contributed by atoms with E-state index in [1.54, 1.807) is 6.92 Å². The van der Waals surface area contributed by atoms with Gasteiger partial charge in [0.15, 0.2) is 5.78 Å². The molecule has 0 radical (unpaired) electrons. The van der Waals surface area contributed by atoms with Crippen molar-refractivity contribution in [3.05, 3.63) is 29.3 Å². The highest BCUT2D eigenvalue weighted by atomic mass is 19.4. The predicted octanol–water partition coefficient (Wildman–Crippen LogP) is 4.47. The van der Waals surface area contributed by atoms with Crippen LogP contribution in [-0.2, 0) is 17.1 Å². The molecule has 0 aliphatic rings. The number of rotatable bonds is 5. The Kier molecular flexibility index (Phi) is 5.25. The third kappa shape index (κ3) is 5.28. The van der Waals surface area contributed by atoms with Crippen molar-refractivity contribution >= 4 is 5.78 Å². The Hall–Kier alpha value is -1.73. The summed E-state index contributed by atoms with van der Waals surface area (Å²) in [4.78, 5) is 11.2. The van der Waals surface area contributed by atoms with E-state index >= 15 is 0 Å². The molecule has 1 rings (SSSR count). The highest BCUT2D eigenvalue weighted by Gasteiger charge is 2.37. The van der Waals surface area contributed by atoms with Crippen LogP contribution < -0.4 is 4.74 Å². The summed E-state index contributed by atoms with van der Waals surface area (Å²) in [5.74, 6) is -1.04. The average molecular weight is 314 g/mol. The van der Waals surface area contributed by atoms with E-state index in [0.717, 1.165) is 0 Å². The minimum absolute atomic E-state index is 0.000719. The fraction of sp³-hybridized carbons (Fsp3) is 0.462. The van der Waals surface area contributed by atoms with Gasteiger partial charge in [0.1, 0.15) is 12.4 Å². The molecule has 0 amide bonds. The number of hydrogen-bond acceptors (Lipinski definition) is 2. The van der Waals surface area contributed by atoms with E-state index in [-0.39, 0.29) is 12.5 Å². The van der Waals surface area contributed by atoms with Crippen molar-refractivity contribution in [1.29, 1.82) is 0 Å². The quantitative estimate of drug-likeness (QED) is 0.749. The second kappa shape index (κ2) is 6.36. The van der Waals surface area contributed by atoms with E-state index in [2.05, 4.69) is 0 Å². The zero-order chi connectivity index (χ0) is 16.3. The fourth-order valence-electron chi connectivity index (χ4n) is 1.52. The SMILES string of the molecule is CCCC(=O)COc1cc(C(F)(F)F)cc(C(F)(F)F)c1. The largest absolute Gasteiger partial charge is 0.486 e. The van der Waals surface area contributed by atoms with Crippen LogP contribution in [0.15, 0.2) is 18.2 Å². The van der Waals surface area contributed by atoms with Crippen LogP contribution in [0.1, 0.15) is 30.9 Å². The highest BCUT2D eigenvalue weighted by Crippen LogP contribution is 2.38. The van der Waals surface area contributed by atoms with Crippen molar-refractivity contribution in [3.63, 3.8) is 0 Å². The number of carbonyl (C=O) groups excluding carboxylic acids is 1. The summed E-state index contributed by atoms with van der Waals surface area (Å²) < 4.78 is 80.1. The lowest BCUT2D eigenvalue weighted by molar-refractivity contribution is -0.143. The molecule has 0 atom stereocenters. The summed E-state index contributed by atoms with van der Waals surface area (Å²) in [7, 11) is 0. The molecule has 0 spiro atoms. The summed E-state index contributed by atoms with van der Waals surface area (Å²) in [5, 5.41) is 0. The summed E-state index contributed by atoms with van der Waals surface area (Å²) in [6, 6.07) is 0.879. The van der Waals surface area contributed by atoms with Crippen molar-refractivity contribution in [2.75, 3.05) is 6.61 Å². The second-order valence-electron chi connectivity index (χ2n) is 4.32. The third-order valence-corrected chi connectivity index (χ3v) is 2.49. The molecule has 0 fully saturated rings. The van der Waals surface area contributed by atoms with E-state index in [1.165, 1.54) is 0 Å². The van der Waals surface area contributed by atoms with Crippen molar-refractivity contribution < 1.29 is 35.9 Å². The molecule has 0 saturated carbocycles. The van der Waals surface area contributed by atoms with Gasteiger partial charge in [-0.2, -0.15) is 26.3 Å². The number of halogens is 6. The molecule has 0 aliphatic carbocycles. The van der Waals surface area contributed by atoms with Crippen molar-refractivity contribution in [2.24, 2.45) is 0 Å². The lowest BCUT2D eigenvalue weighted by Gasteiger charge is -2.14. The molecular formula is C13H12F6O2. The maximum absolute atomic E-state index is 12.6. The van der Waals surface area contributed by atoms with Gasteiger partial charge in [-0.05, 0) is 24.6 Å². The number of ether oxygens (including phenoxy) is 1. The zero-order valence-corrected chi connectivity index (χ0v) is 10.9. The molecule has 118 valence electrons. The molecule has 0 bridgehead atoms. The Balaban J connectivity index is 3.06. The fourth-order valence-corrected chi connectivity index (χ4v) is 1.52. The second-order valence-corrected chi connectivity index (χ2v) is 4.32. The van der Waals surface area contributed by atoms with E-state index < -0.39 is 41.6 Å². The smallest absolute Gasteiger partial charge is 0.416 e. The van der Waals surface area contributed by atoms with Gasteiger partial charge in [-0.15, -0.1) is 0 Å². The average Bonchev–Trinajstić information content (AvgIpc) is 2.34. The molecule has 0 N–H and O–H groups in total. The van der Waals surface area contributed by atoms with E-state index in [0.29, 0.717) is 18.6 Å². The maximum Gasteiger partial charge on any atom is 0.416 e. The van der Waals surface area contributed by atoms with E-state index in [9.17, 15) is 31.1 Å². The van der Waals surface area contributed by atoms with Crippen molar-refractivity contribution in [3.8, 4) is 5.75 Å². The van der Waals surface area contributed by atoms with Crippen LogP contribution in [0.5, 0.6) is 5.75 Å². The molecule has 0 heterocycles. The topological polar surface area (TPSA) is 26.3 Å². The van der Waals surface area contributed by atoms with Crippen LogP contribution in [0.2, 0.25) is 0 Å². The minimum Gasteiger partial charge on any atom is -0.486 e. The van der Waals surface area contributed by atoms with Crippen LogP contribution in [-0.4, -0.2) is 12.4 Å². The molecule has 2 nitrogen and oxygen atoms in total. The first kappa shape index (κ1) is 17.3. The van der Waals surface area contributed by atoms with Crippen LogP contribution >= 0.6 is 0 Å². The lowest BCUT2D eigenvalue weighted by atomic mass is 10.1. The standard InChI is InChI=1S/C13H12F6O2/c1-2-3-10(20)7-21-11-5-8(12(14,15)16)4-9(6-11)13(17,18)19/h4-6H,2-3,7H2,1H3. The molecule has 1 aromatic rings. The zero-order valence-electron chi connectivity index (χ0n) is 10.9.